The first-order valence-corrected chi connectivity index (χ1v) is 12.0. The van der Waals surface area contributed by atoms with E-state index >= 15 is 0 Å². The number of ether oxygens (including phenoxy) is 1. The number of carbonyl (C=O) groups excluding carboxylic acids is 1. The summed E-state index contributed by atoms with van der Waals surface area (Å²) in [7, 11) is -2.07. The number of hydrogen-bond acceptors (Lipinski definition) is 5. The highest BCUT2D eigenvalue weighted by molar-refractivity contribution is 7.92. The van der Waals surface area contributed by atoms with Crippen LogP contribution in [0.5, 0.6) is 5.75 Å². The highest BCUT2D eigenvalue weighted by Gasteiger charge is 2.18. The number of benzene rings is 3. The molecule has 3 rings (SSSR count). The average Bonchev–Trinajstić information content (AvgIpc) is 2.78. The van der Waals surface area contributed by atoms with Crippen LogP contribution in [0.4, 0.5) is 11.4 Å². The standard InChI is InChI=1S/C25H25N3O4S/c1-17-5-6-18(2)21(13-17)16-32-24-14-22(11-12-23(24)28(3)33(4,30)31)27-25(29)20-9-7-19(15-26)8-10-20/h5-14H,16H2,1-4H3,(H,27,29). The molecule has 0 spiro atoms. The summed E-state index contributed by atoms with van der Waals surface area (Å²) in [6.45, 7) is 4.21. The van der Waals surface area contributed by atoms with Gasteiger partial charge < -0.3 is 10.1 Å². The number of aryl methyl sites for hydroxylation is 2. The lowest BCUT2D eigenvalue weighted by molar-refractivity contribution is 0.102. The molecule has 170 valence electrons. The van der Waals surface area contributed by atoms with Gasteiger partial charge in [-0.15, -0.1) is 0 Å². The van der Waals surface area contributed by atoms with Gasteiger partial charge in [0.05, 0.1) is 23.6 Å². The Labute approximate surface area is 194 Å². The third-order valence-corrected chi connectivity index (χ3v) is 6.41. The third kappa shape index (κ3) is 5.90. The molecular formula is C25H25N3O4S. The van der Waals surface area contributed by atoms with Crippen molar-refractivity contribution in [1.82, 2.24) is 0 Å². The lowest BCUT2D eigenvalue weighted by Crippen LogP contribution is -2.25. The predicted molar refractivity (Wildman–Crippen MR) is 129 cm³/mol. The summed E-state index contributed by atoms with van der Waals surface area (Å²) >= 11 is 0. The fourth-order valence-electron chi connectivity index (χ4n) is 3.16. The van der Waals surface area contributed by atoms with Crippen LogP contribution in [-0.4, -0.2) is 27.6 Å². The minimum absolute atomic E-state index is 0.241. The molecule has 7 nitrogen and oxygen atoms in total. The quantitative estimate of drug-likeness (QED) is 0.560. The van der Waals surface area contributed by atoms with Crippen LogP contribution in [0.2, 0.25) is 0 Å². The Morgan fingerprint density at radius 1 is 1.06 bits per heavy atom. The van der Waals surface area contributed by atoms with E-state index in [1.165, 1.54) is 7.05 Å². The molecule has 3 aromatic rings. The molecule has 0 heterocycles. The number of nitrogens with zero attached hydrogens (tertiary/aromatic N) is 2. The minimum atomic E-state index is -3.52. The lowest BCUT2D eigenvalue weighted by atomic mass is 10.1. The van der Waals surface area contributed by atoms with Crippen molar-refractivity contribution in [3.8, 4) is 11.8 Å². The Morgan fingerprint density at radius 2 is 1.76 bits per heavy atom. The van der Waals surface area contributed by atoms with Crippen molar-refractivity contribution < 1.29 is 17.9 Å². The maximum absolute atomic E-state index is 12.6. The lowest BCUT2D eigenvalue weighted by Gasteiger charge is -2.21. The largest absolute Gasteiger partial charge is 0.487 e. The maximum Gasteiger partial charge on any atom is 0.255 e. The first-order chi connectivity index (χ1) is 15.6. The second-order valence-corrected chi connectivity index (χ2v) is 9.79. The normalized spacial score (nSPS) is 10.9. The van der Waals surface area contributed by atoms with E-state index < -0.39 is 10.0 Å². The molecule has 8 heteroatoms. The molecule has 0 saturated carbocycles. The van der Waals surface area contributed by atoms with Crippen LogP contribution < -0.4 is 14.4 Å². The number of nitriles is 1. The van der Waals surface area contributed by atoms with Crippen molar-refractivity contribution in [3.63, 3.8) is 0 Å². The molecule has 0 atom stereocenters. The van der Waals surface area contributed by atoms with Crippen molar-refractivity contribution in [2.45, 2.75) is 20.5 Å². The van der Waals surface area contributed by atoms with Crippen LogP contribution in [0.1, 0.15) is 32.6 Å². The van der Waals surface area contributed by atoms with E-state index in [1.54, 1.807) is 42.5 Å². The van der Waals surface area contributed by atoms with E-state index in [2.05, 4.69) is 5.32 Å². The number of nitrogens with one attached hydrogen (secondary N) is 1. The average molecular weight is 464 g/mol. The number of amides is 1. The number of sulfonamides is 1. The van der Waals surface area contributed by atoms with Crippen LogP contribution in [0.3, 0.4) is 0 Å². The molecule has 0 bridgehead atoms. The van der Waals surface area contributed by atoms with Crippen molar-refractivity contribution in [1.29, 1.82) is 5.26 Å². The molecule has 0 aliphatic carbocycles. The Morgan fingerprint density at radius 3 is 2.39 bits per heavy atom. The number of anilines is 2. The molecule has 0 fully saturated rings. The van der Waals surface area contributed by atoms with Gasteiger partial charge in [0.2, 0.25) is 10.0 Å². The zero-order chi connectivity index (χ0) is 24.2. The SMILES string of the molecule is Cc1ccc(C)c(COc2cc(NC(=O)c3ccc(C#N)cc3)ccc2N(C)S(C)(=O)=O)c1. The van der Waals surface area contributed by atoms with Crippen LogP contribution >= 0.6 is 0 Å². The van der Waals surface area contributed by atoms with Crippen molar-refractivity contribution >= 4 is 27.3 Å². The second-order valence-electron chi connectivity index (χ2n) is 7.77. The zero-order valence-electron chi connectivity index (χ0n) is 18.9. The van der Waals surface area contributed by atoms with Crippen molar-refractivity contribution in [2.75, 3.05) is 22.9 Å². The van der Waals surface area contributed by atoms with Crippen molar-refractivity contribution in [2.24, 2.45) is 0 Å². The highest BCUT2D eigenvalue weighted by atomic mass is 32.2. The van der Waals surface area contributed by atoms with E-state index in [0.29, 0.717) is 28.3 Å². The van der Waals surface area contributed by atoms with E-state index in [1.807, 2.05) is 38.1 Å². The monoisotopic (exact) mass is 463 g/mol. The predicted octanol–water partition coefficient (Wildman–Crippen LogP) is 4.40. The molecule has 3 aromatic carbocycles. The molecule has 0 aromatic heterocycles. The molecule has 33 heavy (non-hydrogen) atoms. The molecule has 0 aliphatic rings. The Bertz CT molecular complexity index is 1330. The highest BCUT2D eigenvalue weighted by Crippen LogP contribution is 2.33. The van der Waals surface area contributed by atoms with Crippen molar-refractivity contribution in [3.05, 3.63) is 88.5 Å². The summed E-state index contributed by atoms with van der Waals surface area (Å²) in [4.78, 5) is 12.6. The zero-order valence-corrected chi connectivity index (χ0v) is 19.7. The summed E-state index contributed by atoms with van der Waals surface area (Å²) < 4.78 is 31.4. The van der Waals surface area contributed by atoms with Gasteiger partial charge in [-0.25, -0.2) is 8.42 Å². The summed E-state index contributed by atoms with van der Waals surface area (Å²) in [6.07, 6.45) is 1.11. The van der Waals surface area contributed by atoms with E-state index in [0.717, 1.165) is 27.3 Å². The topological polar surface area (TPSA) is 99.5 Å². The van der Waals surface area contributed by atoms with Gasteiger partial charge in [-0.05, 0) is 61.4 Å². The van der Waals surface area contributed by atoms with Gasteiger partial charge >= 0.3 is 0 Å². The molecule has 1 N–H and O–H groups in total. The van der Waals surface area contributed by atoms with Gasteiger partial charge in [0, 0.05) is 24.4 Å². The van der Waals surface area contributed by atoms with Crippen LogP contribution in [0.15, 0.2) is 60.7 Å². The minimum Gasteiger partial charge on any atom is -0.487 e. The van der Waals surface area contributed by atoms with E-state index in [9.17, 15) is 13.2 Å². The fourth-order valence-corrected chi connectivity index (χ4v) is 3.67. The Hall–Kier alpha value is -3.83. The first kappa shape index (κ1) is 23.8. The van der Waals surface area contributed by atoms with Gasteiger partial charge in [0.15, 0.2) is 0 Å². The van der Waals surface area contributed by atoms with Gasteiger partial charge in [-0.1, -0.05) is 23.8 Å². The molecule has 0 aliphatic heterocycles. The Balaban J connectivity index is 1.90. The molecule has 0 radical (unpaired) electrons. The molecule has 1 amide bonds. The van der Waals surface area contributed by atoms with Gasteiger partial charge in [-0.2, -0.15) is 5.26 Å². The first-order valence-electron chi connectivity index (χ1n) is 10.2. The number of carbonyl (C=O) groups is 1. The Kier molecular flexibility index (Phi) is 7.04. The smallest absolute Gasteiger partial charge is 0.255 e. The maximum atomic E-state index is 12.6. The third-order valence-electron chi connectivity index (χ3n) is 5.22. The van der Waals surface area contributed by atoms with Crippen LogP contribution in [-0.2, 0) is 16.6 Å². The van der Waals surface area contributed by atoms with E-state index in [4.69, 9.17) is 10.00 Å². The summed E-state index contributed by atoms with van der Waals surface area (Å²) in [5.74, 6) is -0.0364. The summed E-state index contributed by atoms with van der Waals surface area (Å²) in [5, 5.41) is 11.7. The number of rotatable bonds is 7. The molecular weight excluding hydrogens is 438 g/mol. The summed E-state index contributed by atoms with van der Waals surface area (Å²) in [6, 6.07) is 19.1. The van der Waals surface area contributed by atoms with Gasteiger partial charge in [0.1, 0.15) is 12.4 Å². The van der Waals surface area contributed by atoms with Gasteiger partial charge in [-0.3, -0.25) is 9.10 Å². The van der Waals surface area contributed by atoms with E-state index in [-0.39, 0.29) is 12.5 Å². The molecule has 0 unspecified atom stereocenters. The second kappa shape index (κ2) is 9.76. The van der Waals surface area contributed by atoms with Crippen LogP contribution in [0, 0.1) is 25.2 Å². The molecule has 0 saturated heterocycles. The van der Waals surface area contributed by atoms with Gasteiger partial charge in [0.25, 0.3) is 5.91 Å². The number of hydrogen-bond donors (Lipinski definition) is 1. The fraction of sp³-hybridized carbons (Fsp3) is 0.200. The van der Waals surface area contributed by atoms with Crippen LogP contribution in [0.25, 0.3) is 0 Å². The summed E-state index contributed by atoms with van der Waals surface area (Å²) in [5.41, 5.74) is 4.80.